The summed E-state index contributed by atoms with van der Waals surface area (Å²) in [5.41, 5.74) is 0.357. The summed E-state index contributed by atoms with van der Waals surface area (Å²) >= 11 is 0. The molecule has 1 amide bonds. The van der Waals surface area contributed by atoms with Gasteiger partial charge in [-0.15, -0.1) is 6.42 Å². The van der Waals surface area contributed by atoms with Gasteiger partial charge < -0.3 is 25.0 Å². The Morgan fingerprint density at radius 1 is 1.39 bits per heavy atom. The molecule has 0 fully saturated rings. The second-order valence-corrected chi connectivity index (χ2v) is 4.38. The van der Waals surface area contributed by atoms with Crippen molar-refractivity contribution in [1.29, 1.82) is 0 Å². The molecule has 0 aliphatic carbocycles. The average molecular weight is 319 g/mol. The fraction of sp³-hybridized carbons (Fsp3) is 0.235. The van der Waals surface area contributed by atoms with Gasteiger partial charge in [0.25, 0.3) is 0 Å². The van der Waals surface area contributed by atoms with Gasteiger partial charge in [-0.2, -0.15) is 0 Å². The molecule has 124 valence electrons. The van der Waals surface area contributed by atoms with Crippen LogP contribution in [-0.2, 0) is 9.53 Å². The van der Waals surface area contributed by atoms with Crippen molar-refractivity contribution in [3.05, 3.63) is 59.6 Å². The molecule has 0 bridgehead atoms. The van der Waals surface area contributed by atoms with Crippen molar-refractivity contribution in [2.75, 3.05) is 14.2 Å². The number of terminal acetylenes is 1. The SMILES string of the molecule is C#C/C(O)=C(O)\C=C(/C)N(C)C(=O)C/C=C(O)\C(=C/C=C)OC. The lowest BCUT2D eigenvalue weighted by Gasteiger charge is -2.17. The zero-order valence-corrected chi connectivity index (χ0v) is 13.4. The van der Waals surface area contributed by atoms with E-state index in [-0.39, 0.29) is 23.8 Å². The largest absolute Gasteiger partial charge is 0.504 e. The molecule has 6 heteroatoms. The fourth-order valence-electron chi connectivity index (χ4n) is 1.42. The molecule has 0 unspecified atom stereocenters. The highest BCUT2D eigenvalue weighted by atomic mass is 16.5. The maximum atomic E-state index is 12.0. The molecule has 0 aliphatic heterocycles. The number of aliphatic hydroxyl groups is 3. The first kappa shape index (κ1) is 19.9. The van der Waals surface area contributed by atoms with E-state index < -0.39 is 11.5 Å². The quantitative estimate of drug-likeness (QED) is 0.381. The maximum absolute atomic E-state index is 12.0. The minimum absolute atomic E-state index is 0.100. The van der Waals surface area contributed by atoms with E-state index in [4.69, 9.17) is 11.2 Å². The first-order valence-electron chi connectivity index (χ1n) is 6.58. The molecule has 3 N–H and O–H groups in total. The minimum Gasteiger partial charge on any atom is -0.504 e. The summed E-state index contributed by atoms with van der Waals surface area (Å²) in [5.74, 6) is 0.374. The molecule has 0 saturated carbocycles. The molecule has 0 aromatic rings. The van der Waals surface area contributed by atoms with Gasteiger partial charge in [-0.3, -0.25) is 4.79 Å². The summed E-state index contributed by atoms with van der Waals surface area (Å²) < 4.78 is 4.93. The Morgan fingerprint density at radius 2 is 2.00 bits per heavy atom. The number of hydrogen-bond donors (Lipinski definition) is 3. The van der Waals surface area contributed by atoms with Gasteiger partial charge in [0.15, 0.2) is 17.3 Å². The molecule has 0 aliphatic rings. The molecule has 0 heterocycles. The Labute approximate surface area is 136 Å². The molecule has 0 spiro atoms. The van der Waals surface area contributed by atoms with E-state index in [1.165, 1.54) is 37.3 Å². The normalized spacial score (nSPS) is 13.7. The molecule has 23 heavy (non-hydrogen) atoms. The minimum atomic E-state index is -0.623. The summed E-state index contributed by atoms with van der Waals surface area (Å²) in [6.07, 6.45) is 10.2. The van der Waals surface area contributed by atoms with Crippen molar-refractivity contribution >= 4 is 5.91 Å². The van der Waals surface area contributed by atoms with Gasteiger partial charge in [0.2, 0.25) is 11.7 Å². The van der Waals surface area contributed by atoms with E-state index in [9.17, 15) is 20.1 Å². The predicted molar refractivity (Wildman–Crippen MR) is 88.3 cm³/mol. The van der Waals surface area contributed by atoms with Crippen LogP contribution in [0.4, 0.5) is 0 Å². The molecule has 6 nitrogen and oxygen atoms in total. The molecule has 0 radical (unpaired) electrons. The monoisotopic (exact) mass is 319 g/mol. The number of methoxy groups -OCH3 is 1. The number of ether oxygens (including phenoxy) is 1. The van der Waals surface area contributed by atoms with E-state index in [2.05, 4.69) is 6.58 Å². The molecular weight excluding hydrogens is 298 g/mol. The topological polar surface area (TPSA) is 90.2 Å². The Balaban J connectivity index is 5.07. The zero-order chi connectivity index (χ0) is 18.0. The molecule has 0 rings (SSSR count). The molecule has 0 saturated heterocycles. The van der Waals surface area contributed by atoms with Crippen LogP contribution in [0.15, 0.2) is 59.6 Å². The van der Waals surface area contributed by atoms with Crippen LogP contribution in [0.25, 0.3) is 0 Å². The van der Waals surface area contributed by atoms with Gasteiger partial charge in [-0.1, -0.05) is 12.7 Å². The van der Waals surface area contributed by atoms with Crippen molar-refractivity contribution in [3.8, 4) is 12.3 Å². The lowest BCUT2D eigenvalue weighted by Crippen LogP contribution is -2.24. The van der Waals surface area contributed by atoms with E-state index in [0.717, 1.165) is 6.08 Å². The van der Waals surface area contributed by atoms with Crippen molar-refractivity contribution in [2.45, 2.75) is 13.3 Å². The molecule has 0 atom stereocenters. The van der Waals surface area contributed by atoms with Crippen LogP contribution in [0.3, 0.4) is 0 Å². The average Bonchev–Trinajstić information content (AvgIpc) is 2.55. The van der Waals surface area contributed by atoms with Gasteiger partial charge in [0.1, 0.15) is 0 Å². The summed E-state index contributed by atoms with van der Waals surface area (Å²) in [6, 6.07) is 0. The Kier molecular flexibility index (Phi) is 8.48. The van der Waals surface area contributed by atoms with E-state index >= 15 is 0 Å². The van der Waals surface area contributed by atoms with Crippen LogP contribution in [-0.4, -0.2) is 40.3 Å². The number of aliphatic hydroxyl groups excluding tert-OH is 3. The van der Waals surface area contributed by atoms with Crippen LogP contribution >= 0.6 is 0 Å². The van der Waals surface area contributed by atoms with E-state index in [1.54, 1.807) is 6.92 Å². The standard InChI is InChI=1S/C17H21NO5/c1-6-8-16(23-5)14(20)9-10-17(22)18(4)12(3)11-15(21)13(19)7-2/h2,6,8-9,11,19-21H,1,10H2,3-5H3/b12-11+,14-9+,15-13-,16-8+. The van der Waals surface area contributed by atoms with Gasteiger partial charge in [0, 0.05) is 25.2 Å². The molecule has 0 aromatic heterocycles. The molecular formula is C17H21NO5. The van der Waals surface area contributed by atoms with Crippen molar-refractivity contribution in [2.24, 2.45) is 0 Å². The molecule has 0 aromatic carbocycles. The number of nitrogens with zero attached hydrogens (tertiary/aromatic N) is 1. The van der Waals surface area contributed by atoms with Crippen molar-refractivity contribution < 1.29 is 24.9 Å². The third-order valence-corrected chi connectivity index (χ3v) is 2.84. The summed E-state index contributed by atoms with van der Waals surface area (Å²) in [4.78, 5) is 13.3. The lowest BCUT2D eigenvalue weighted by atomic mass is 10.2. The number of carbonyl (C=O) groups is 1. The third kappa shape index (κ3) is 6.48. The smallest absolute Gasteiger partial charge is 0.230 e. The van der Waals surface area contributed by atoms with Gasteiger partial charge in [-0.05, 0) is 25.0 Å². The number of allylic oxidation sites excluding steroid dienone is 5. The first-order chi connectivity index (χ1) is 10.8. The summed E-state index contributed by atoms with van der Waals surface area (Å²) in [6.45, 7) is 5.04. The van der Waals surface area contributed by atoms with E-state index in [0.29, 0.717) is 5.70 Å². The Bertz CT molecular complexity index is 617. The number of amides is 1. The van der Waals surface area contributed by atoms with Gasteiger partial charge >= 0.3 is 0 Å². The van der Waals surface area contributed by atoms with Gasteiger partial charge in [0.05, 0.1) is 7.11 Å². The Hall–Kier alpha value is -3.07. The fourth-order valence-corrected chi connectivity index (χ4v) is 1.42. The summed E-state index contributed by atoms with van der Waals surface area (Å²) in [5, 5.41) is 28.5. The van der Waals surface area contributed by atoms with Crippen LogP contribution in [0.5, 0.6) is 0 Å². The van der Waals surface area contributed by atoms with Crippen LogP contribution in [0.1, 0.15) is 13.3 Å². The first-order valence-corrected chi connectivity index (χ1v) is 6.58. The Morgan fingerprint density at radius 3 is 2.48 bits per heavy atom. The third-order valence-electron chi connectivity index (χ3n) is 2.84. The van der Waals surface area contributed by atoms with Crippen LogP contribution in [0.2, 0.25) is 0 Å². The van der Waals surface area contributed by atoms with Crippen LogP contribution in [0, 0.1) is 12.3 Å². The van der Waals surface area contributed by atoms with Crippen LogP contribution < -0.4 is 0 Å². The van der Waals surface area contributed by atoms with Crippen molar-refractivity contribution in [1.82, 2.24) is 4.90 Å². The van der Waals surface area contributed by atoms with Crippen molar-refractivity contribution in [3.63, 3.8) is 0 Å². The highest BCUT2D eigenvalue weighted by Crippen LogP contribution is 2.12. The number of rotatable bonds is 7. The summed E-state index contributed by atoms with van der Waals surface area (Å²) in [7, 11) is 2.86. The zero-order valence-electron chi connectivity index (χ0n) is 13.4. The number of carbonyl (C=O) groups excluding carboxylic acids is 1. The van der Waals surface area contributed by atoms with Gasteiger partial charge in [-0.25, -0.2) is 0 Å². The van der Waals surface area contributed by atoms with E-state index in [1.807, 2.05) is 5.92 Å². The highest BCUT2D eigenvalue weighted by molar-refractivity contribution is 5.79. The lowest BCUT2D eigenvalue weighted by molar-refractivity contribution is -0.127. The highest BCUT2D eigenvalue weighted by Gasteiger charge is 2.11. The second-order valence-electron chi connectivity index (χ2n) is 4.38. The predicted octanol–water partition coefficient (Wildman–Crippen LogP) is 2.86. The second kappa shape index (κ2) is 9.79. The maximum Gasteiger partial charge on any atom is 0.230 e. The number of hydrogen-bond acceptors (Lipinski definition) is 5.